The Morgan fingerprint density at radius 3 is 3.05 bits per heavy atom. The number of carbonyl (C=O) groups excluding carboxylic acids is 1. The van der Waals surface area contributed by atoms with Crippen LogP contribution in [-0.4, -0.2) is 30.4 Å². The summed E-state index contributed by atoms with van der Waals surface area (Å²) in [6, 6.07) is 6.49. The summed E-state index contributed by atoms with van der Waals surface area (Å²) in [5.41, 5.74) is 5.80. The van der Waals surface area contributed by atoms with Gasteiger partial charge in [-0.2, -0.15) is 0 Å². The van der Waals surface area contributed by atoms with E-state index in [4.69, 9.17) is 5.73 Å². The van der Waals surface area contributed by atoms with Crippen LogP contribution in [0, 0.1) is 17.7 Å². The fourth-order valence-electron chi connectivity index (χ4n) is 2.91. The van der Waals surface area contributed by atoms with Crippen molar-refractivity contribution in [2.75, 3.05) is 19.6 Å². The Hall–Kier alpha value is -1.46. The fourth-order valence-corrected chi connectivity index (χ4v) is 3.96. The van der Waals surface area contributed by atoms with E-state index in [2.05, 4.69) is 6.92 Å². The summed E-state index contributed by atoms with van der Waals surface area (Å²) < 4.78 is 14.1. The van der Waals surface area contributed by atoms with Crippen molar-refractivity contribution in [3.8, 4) is 0 Å². The number of fused-ring (bicyclic) bond motifs is 1. The zero-order valence-electron chi connectivity index (χ0n) is 12.0. The molecule has 2 atom stereocenters. The number of piperidine rings is 1. The first kappa shape index (κ1) is 14.5. The predicted octanol–water partition coefficient (Wildman–Crippen LogP) is 3.10. The first-order valence-electron chi connectivity index (χ1n) is 7.27. The van der Waals surface area contributed by atoms with Crippen molar-refractivity contribution in [2.24, 2.45) is 17.6 Å². The number of hydrogen-bond acceptors (Lipinski definition) is 3. The van der Waals surface area contributed by atoms with Gasteiger partial charge in [0.2, 0.25) is 0 Å². The maximum atomic E-state index is 13.2. The Bertz CT molecular complexity index is 669. The molecule has 5 heteroatoms. The number of benzene rings is 1. The van der Waals surface area contributed by atoms with Crippen molar-refractivity contribution in [2.45, 2.75) is 13.3 Å². The van der Waals surface area contributed by atoms with Gasteiger partial charge < -0.3 is 10.6 Å². The number of hydrogen-bond donors (Lipinski definition) is 1. The van der Waals surface area contributed by atoms with Crippen molar-refractivity contribution >= 4 is 27.3 Å². The van der Waals surface area contributed by atoms with Crippen LogP contribution in [0.15, 0.2) is 24.3 Å². The van der Waals surface area contributed by atoms with Crippen molar-refractivity contribution in [1.29, 1.82) is 0 Å². The molecule has 0 spiro atoms. The molecule has 2 heterocycles. The molecule has 1 aliphatic rings. The molecule has 1 aromatic carbocycles. The minimum Gasteiger partial charge on any atom is -0.338 e. The van der Waals surface area contributed by atoms with E-state index in [0.717, 1.165) is 29.6 Å². The van der Waals surface area contributed by atoms with Gasteiger partial charge in [0.25, 0.3) is 5.91 Å². The minimum atomic E-state index is -0.265. The summed E-state index contributed by atoms with van der Waals surface area (Å²) in [5, 5.41) is 0.922. The molecule has 2 N–H and O–H groups in total. The molecule has 0 aliphatic carbocycles. The number of thiophene rings is 1. The van der Waals surface area contributed by atoms with Gasteiger partial charge in [0, 0.05) is 17.8 Å². The average molecular weight is 306 g/mol. The lowest BCUT2D eigenvalue weighted by molar-refractivity contribution is 0.0623. The molecule has 112 valence electrons. The van der Waals surface area contributed by atoms with Gasteiger partial charge in [0.15, 0.2) is 0 Å². The number of carbonyl (C=O) groups is 1. The summed E-state index contributed by atoms with van der Waals surface area (Å²) in [6.45, 7) is 4.31. The highest BCUT2D eigenvalue weighted by atomic mass is 32.1. The van der Waals surface area contributed by atoms with E-state index in [1.807, 2.05) is 11.0 Å². The van der Waals surface area contributed by atoms with Gasteiger partial charge in [-0.05, 0) is 48.4 Å². The molecule has 1 aliphatic heterocycles. The molecule has 1 aromatic heterocycles. The molecular weight excluding hydrogens is 287 g/mol. The number of nitrogens with zero attached hydrogens (tertiary/aromatic N) is 1. The van der Waals surface area contributed by atoms with Crippen LogP contribution in [0.5, 0.6) is 0 Å². The molecular formula is C16H19FN2OS. The largest absolute Gasteiger partial charge is 0.338 e. The number of likely N-dealkylation sites (tertiary alicyclic amines) is 1. The molecule has 1 saturated heterocycles. The molecule has 1 fully saturated rings. The molecule has 2 unspecified atom stereocenters. The maximum absolute atomic E-state index is 13.2. The highest BCUT2D eigenvalue weighted by molar-refractivity contribution is 7.20. The van der Waals surface area contributed by atoms with Crippen LogP contribution >= 0.6 is 11.3 Å². The third-order valence-electron chi connectivity index (χ3n) is 4.40. The third kappa shape index (κ3) is 2.80. The van der Waals surface area contributed by atoms with Gasteiger partial charge in [0.1, 0.15) is 5.82 Å². The van der Waals surface area contributed by atoms with E-state index in [0.29, 0.717) is 23.3 Å². The van der Waals surface area contributed by atoms with Gasteiger partial charge in [-0.1, -0.05) is 13.0 Å². The molecule has 2 aromatic rings. The van der Waals surface area contributed by atoms with E-state index < -0.39 is 0 Å². The summed E-state index contributed by atoms with van der Waals surface area (Å²) in [7, 11) is 0. The van der Waals surface area contributed by atoms with Crippen LogP contribution in [0.1, 0.15) is 23.0 Å². The van der Waals surface area contributed by atoms with E-state index in [9.17, 15) is 9.18 Å². The van der Waals surface area contributed by atoms with Gasteiger partial charge >= 0.3 is 0 Å². The predicted molar refractivity (Wildman–Crippen MR) is 84.0 cm³/mol. The zero-order chi connectivity index (χ0) is 15.0. The third-order valence-corrected chi connectivity index (χ3v) is 5.48. The maximum Gasteiger partial charge on any atom is 0.263 e. The minimum absolute atomic E-state index is 0.0435. The fraction of sp³-hybridized carbons (Fsp3) is 0.438. The van der Waals surface area contributed by atoms with Crippen LogP contribution in [0.4, 0.5) is 4.39 Å². The molecule has 3 nitrogen and oxygen atoms in total. The van der Waals surface area contributed by atoms with Gasteiger partial charge in [0.05, 0.1) is 4.88 Å². The lowest BCUT2D eigenvalue weighted by atomic mass is 9.87. The lowest BCUT2D eigenvalue weighted by Crippen LogP contribution is -2.45. The molecule has 21 heavy (non-hydrogen) atoms. The Morgan fingerprint density at radius 2 is 2.29 bits per heavy atom. The first-order chi connectivity index (χ1) is 10.1. The van der Waals surface area contributed by atoms with Crippen LogP contribution in [-0.2, 0) is 0 Å². The topological polar surface area (TPSA) is 46.3 Å². The van der Waals surface area contributed by atoms with Crippen molar-refractivity contribution in [1.82, 2.24) is 4.90 Å². The Balaban J connectivity index is 1.83. The van der Waals surface area contributed by atoms with Gasteiger partial charge in [-0.15, -0.1) is 11.3 Å². The quantitative estimate of drug-likeness (QED) is 0.926. The lowest BCUT2D eigenvalue weighted by Gasteiger charge is -2.36. The Labute approximate surface area is 127 Å². The molecule has 3 rings (SSSR count). The second kappa shape index (κ2) is 5.73. The van der Waals surface area contributed by atoms with Crippen molar-refractivity contribution in [3.63, 3.8) is 0 Å². The Morgan fingerprint density at radius 1 is 1.48 bits per heavy atom. The molecule has 0 bridgehead atoms. The van der Waals surface area contributed by atoms with Gasteiger partial charge in [-0.25, -0.2) is 4.39 Å². The second-order valence-corrected chi connectivity index (χ2v) is 6.89. The average Bonchev–Trinajstić information content (AvgIpc) is 2.90. The van der Waals surface area contributed by atoms with Crippen LogP contribution in [0.3, 0.4) is 0 Å². The number of halogens is 1. The van der Waals surface area contributed by atoms with E-state index in [1.165, 1.54) is 23.5 Å². The second-order valence-electron chi connectivity index (χ2n) is 5.81. The SMILES string of the molecule is CC1CCN(C(=O)c2cc3ccc(F)cc3s2)CC1CN. The van der Waals surface area contributed by atoms with E-state index in [-0.39, 0.29) is 11.7 Å². The van der Waals surface area contributed by atoms with Crippen LogP contribution < -0.4 is 5.73 Å². The standard InChI is InChI=1S/C16H19FN2OS/c1-10-4-5-19(9-12(10)8-18)16(20)15-6-11-2-3-13(17)7-14(11)21-15/h2-3,6-7,10,12H,4-5,8-9,18H2,1H3. The number of amides is 1. The highest BCUT2D eigenvalue weighted by Gasteiger charge is 2.29. The monoisotopic (exact) mass is 306 g/mol. The molecule has 1 amide bonds. The van der Waals surface area contributed by atoms with Crippen LogP contribution in [0.25, 0.3) is 10.1 Å². The number of nitrogens with two attached hydrogens (primary N) is 1. The molecule has 0 saturated carbocycles. The van der Waals surface area contributed by atoms with Crippen molar-refractivity contribution in [3.05, 3.63) is 35.0 Å². The number of rotatable bonds is 2. The van der Waals surface area contributed by atoms with Crippen molar-refractivity contribution < 1.29 is 9.18 Å². The summed E-state index contributed by atoms with van der Waals surface area (Å²) in [5.74, 6) is 0.713. The van der Waals surface area contributed by atoms with E-state index in [1.54, 1.807) is 6.07 Å². The highest BCUT2D eigenvalue weighted by Crippen LogP contribution is 2.29. The summed E-state index contributed by atoms with van der Waals surface area (Å²) >= 11 is 1.36. The Kier molecular flexibility index (Phi) is 3.95. The molecule has 0 radical (unpaired) electrons. The summed E-state index contributed by atoms with van der Waals surface area (Å²) in [6.07, 6.45) is 0.993. The zero-order valence-corrected chi connectivity index (χ0v) is 12.8. The van der Waals surface area contributed by atoms with Gasteiger partial charge in [-0.3, -0.25) is 4.79 Å². The first-order valence-corrected chi connectivity index (χ1v) is 8.08. The smallest absolute Gasteiger partial charge is 0.263 e. The van der Waals surface area contributed by atoms with E-state index >= 15 is 0 Å². The van der Waals surface area contributed by atoms with Crippen LogP contribution in [0.2, 0.25) is 0 Å². The normalized spacial score (nSPS) is 22.7. The summed E-state index contributed by atoms with van der Waals surface area (Å²) in [4.78, 5) is 15.2.